The number of hydrogen-bond donors (Lipinski definition) is 2. The molecule has 0 aliphatic carbocycles. The van der Waals surface area contributed by atoms with Crippen LogP contribution in [-0.4, -0.2) is 25.5 Å². The maximum absolute atomic E-state index is 12.4. The Morgan fingerprint density at radius 2 is 1.85 bits per heavy atom. The lowest BCUT2D eigenvalue weighted by molar-refractivity contribution is -0.137. The molecule has 1 rings (SSSR count). The molecule has 0 heterocycles. The molecule has 20 heavy (non-hydrogen) atoms. The van der Waals surface area contributed by atoms with Gasteiger partial charge in [0.25, 0.3) is 0 Å². The third-order valence-electron chi connectivity index (χ3n) is 2.44. The Morgan fingerprint density at radius 3 is 2.25 bits per heavy atom. The average molecular weight is 290 g/mol. The van der Waals surface area contributed by atoms with Gasteiger partial charge in [0, 0.05) is 7.11 Å². The van der Waals surface area contributed by atoms with Crippen molar-refractivity contribution in [1.29, 1.82) is 0 Å². The molecule has 0 unspecified atom stereocenters. The van der Waals surface area contributed by atoms with Gasteiger partial charge < -0.3 is 15.8 Å². The zero-order valence-electron chi connectivity index (χ0n) is 10.5. The molecule has 1 aromatic carbocycles. The van der Waals surface area contributed by atoms with Gasteiger partial charge in [0.2, 0.25) is 11.8 Å². The number of carbonyl (C=O) groups excluding carboxylic acids is 2. The highest BCUT2D eigenvalue weighted by atomic mass is 19.4. The summed E-state index contributed by atoms with van der Waals surface area (Å²) in [7, 11) is 1.29. The average Bonchev–Trinajstić information content (AvgIpc) is 2.35. The second kappa shape index (κ2) is 6.38. The Kier molecular flexibility index (Phi) is 5.09. The van der Waals surface area contributed by atoms with Gasteiger partial charge >= 0.3 is 6.18 Å². The maximum atomic E-state index is 12.4. The van der Waals surface area contributed by atoms with Crippen molar-refractivity contribution in [2.24, 2.45) is 5.73 Å². The number of carbonyl (C=O) groups is 2. The number of primary amides is 1. The van der Waals surface area contributed by atoms with Gasteiger partial charge in [-0.15, -0.1) is 0 Å². The molecule has 0 saturated carbocycles. The van der Waals surface area contributed by atoms with E-state index in [1.165, 1.54) is 7.11 Å². The zero-order chi connectivity index (χ0) is 15.3. The first kappa shape index (κ1) is 16.0. The van der Waals surface area contributed by atoms with Crippen molar-refractivity contribution in [3.63, 3.8) is 0 Å². The van der Waals surface area contributed by atoms with Crippen LogP contribution >= 0.6 is 0 Å². The van der Waals surface area contributed by atoms with Gasteiger partial charge in [0.1, 0.15) is 12.6 Å². The molecule has 0 spiro atoms. The minimum absolute atomic E-state index is 0.162. The molecule has 3 N–H and O–H groups in total. The summed E-state index contributed by atoms with van der Waals surface area (Å²) in [6.07, 6.45) is -4.47. The molecule has 1 atom stereocenters. The molecule has 0 aromatic heterocycles. The first-order chi connectivity index (χ1) is 9.25. The number of ether oxygens (including phenoxy) is 1. The Balaban J connectivity index is 2.93. The number of nitrogens with one attached hydrogen (secondary N) is 1. The smallest absolute Gasteiger partial charge is 0.375 e. The van der Waals surface area contributed by atoms with Crippen LogP contribution < -0.4 is 11.1 Å². The fraction of sp³-hybridized carbons (Fsp3) is 0.333. The Morgan fingerprint density at radius 1 is 1.30 bits per heavy atom. The summed E-state index contributed by atoms with van der Waals surface area (Å²) in [4.78, 5) is 22.6. The van der Waals surface area contributed by atoms with E-state index in [0.29, 0.717) is 0 Å². The first-order valence-electron chi connectivity index (χ1n) is 5.50. The van der Waals surface area contributed by atoms with Crippen molar-refractivity contribution in [1.82, 2.24) is 5.32 Å². The largest absolute Gasteiger partial charge is 0.416 e. The predicted molar refractivity (Wildman–Crippen MR) is 63.4 cm³/mol. The van der Waals surface area contributed by atoms with Gasteiger partial charge in [-0.25, -0.2) is 0 Å². The third-order valence-corrected chi connectivity index (χ3v) is 2.44. The van der Waals surface area contributed by atoms with Crippen molar-refractivity contribution in [2.75, 3.05) is 13.7 Å². The summed E-state index contributed by atoms with van der Waals surface area (Å²) in [6, 6.07) is 2.60. The van der Waals surface area contributed by atoms with Crippen molar-refractivity contribution in [3.8, 4) is 0 Å². The van der Waals surface area contributed by atoms with Crippen LogP contribution in [0.15, 0.2) is 24.3 Å². The number of nitrogens with two attached hydrogens (primary N) is 1. The highest BCUT2D eigenvalue weighted by Crippen LogP contribution is 2.29. The van der Waals surface area contributed by atoms with Crippen LogP contribution in [-0.2, 0) is 20.5 Å². The van der Waals surface area contributed by atoms with Gasteiger partial charge in [0.05, 0.1) is 5.56 Å². The molecule has 0 aliphatic rings. The molecule has 0 bridgehead atoms. The predicted octanol–water partition coefficient (Wildman–Crippen LogP) is 0.994. The van der Waals surface area contributed by atoms with Crippen LogP contribution in [0.2, 0.25) is 0 Å². The fourth-order valence-corrected chi connectivity index (χ4v) is 1.52. The Labute approximate surface area is 112 Å². The van der Waals surface area contributed by atoms with Gasteiger partial charge in [-0.05, 0) is 17.7 Å². The van der Waals surface area contributed by atoms with Crippen LogP contribution in [0.5, 0.6) is 0 Å². The zero-order valence-corrected chi connectivity index (χ0v) is 10.5. The molecule has 8 heteroatoms. The lowest BCUT2D eigenvalue weighted by Gasteiger charge is -2.16. The standard InChI is InChI=1S/C12H13F3N2O3/c1-20-6-9(18)17-10(11(16)19)7-2-4-8(5-3-7)12(13,14)15/h2-5,10H,6H2,1H3,(H2,16,19)(H,17,18)/t10-/m0/s1. The van der Waals surface area contributed by atoms with Gasteiger partial charge in [-0.2, -0.15) is 13.2 Å². The molecular weight excluding hydrogens is 277 g/mol. The summed E-state index contributed by atoms with van der Waals surface area (Å²) >= 11 is 0. The SMILES string of the molecule is COCC(=O)N[C@H](C(N)=O)c1ccc(C(F)(F)F)cc1. The highest BCUT2D eigenvalue weighted by Gasteiger charge is 2.30. The van der Waals surface area contributed by atoms with E-state index in [1.807, 2.05) is 0 Å². The van der Waals surface area contributed by atoms with E-state index in [2.05, 4.69) is 10.1 Å². The number of methoxy groups -OCH3 is 1. The molecule has 5 nitrogen and oxygen atoms in total. The monoisotopic (exact) mass is 290 g/mol. The molecule has 2 amide bonds. The Hall–Kier alpha value is -2.09. The van der Waals surface area contributed by atoms with Crippen LogP contribution in [0.1, 0.15) is 17.2 Å². The van der Waals surface area contributed by atoms with Crippen molar-refractivity contribution >= 4 is 11.8 Å². The minimum Gasteiger partial charge on any atom is -0.375 e. The van der Waals surface area contributed by atoms with Gasteiger partial charge in [-0.1, -0.05) is 12.1 Å². The second-order valence-electron chi connectivity index (χ2n) is 3.96. The van der Waals surface area contributed by atoms with Crippen molar-refractivity contribution in [3.05, 3.63) is 35.4 Å². The van der Waals surface area contributed by atoms with E-state index < -0.39 is 29.6 Å². The number of benzene rings is 1. The molecule has 1 aromatic rings. The van der Waals surface area contributed by atoms with Crippen LogP contribution in [0.3, 0.4) is 0 Å². The van der Waals surface area contributed by atoms with Crippen LogP contribution in [0, 0.1) is 0 Å². The lowest BCUT2D eigenvalue weighted by Crippen LogP contribution is -2.39. The normalized spacial score (nSPS) is 12.8. The maximum Gasteiger partial charge on any atom is 0.416 e. The quantitative estimate of drug-likeness (QED) is 0.848. The highest BCUT2D eigenvalue weighted by molar-refractivity contribution is 5.88. The lowest BCUT2D eigenvalue weighted by atomic mass is 10.0. The van der Waals surface area contributed by atoms with E-state index in [-0.39, 0.29) is 12.2 Å². The molecule has 0 aliphatic heterocycles. The van der Waals surface area contributed by atoms with E-state index in [1.54, 1.807) is 0 Å². The number of alkyl halides is 3. The topological polar surface area (TPSA) is 81.4 Å². The Bertz CT molecular complexity index is 486. The van der Waals surface area contributed by atoms with E-state index in [9.17, 15) is 22.8 Å². The minimum atomic E-state index is -4.47. The van der Waals surface area contributed by atoms with E-state index in [4.69, 9.17) is 5.73 Å². The molecule has 0 radical (unpaired) electrons. The number of halogens is 3. The first-order valence-corrected chi connectivity index (χ1v) is 5.50. The number of amides is 2. The van der Waals surface area contributed by atoms with E-state index >= 15 is 0 Å². The molecular formula is C12H13F3N2O3. The van der Waals surface area contributed by atoms with E-state index in [0.717, 1.165) is 24.3 Å². The molecule has 0 fully saturated rings. The summed E-state index contributed by atoms with van der Waals surface area (Å²) in [5.74, 6) is -1.48. The van der Waals surface area contributed by atoms with Crippen molar-refractivity contribution < 1.29 is 27.5 Å². The summed E-state index contributed by atoms with van der Waals surface area (Å²) in [5, 5.41) is 2.27. The van der Waals surface area contributed by atoms with Gasteiger partial charge in [-0.3, -0.25) is 9.59 Å². The number of hydrogen-bond acceptors (Lipinski definition) is 3. The molecule has 110 valence electrons. The third kappa shape index (κ3) is 4.23. The van der Waals surface area contributed by atoms with Crippen LogP contribution in [0.4, 0.5) is 13.2 Å². The summed E-state index contributed by atoms with van der Waals surface area (Å²) < 4.78 is 41.8. The second-order valence-corrected chi connectivity index (χ2v) is 3.96. The number of rotatable bonds is 5. The summed E-state index contributed by atoms with van der Waals surface area (Å²) in [5.41, 5.74) is 4.43. The fourth-order valence-electron chi connectivity index (χ4n) is 1.52. The molecule has 0 saturated heterocycles. The summed E-state index contributed by atoms with van der Waals surface area (Å²) in [6.45, 7) is -0.287. The van der Waals surface area contributed by atoms with Gasteiger partial charge in [0.15, 0.2) is 0 Å². The van der Waals surface area contributed by atoms with Crippen molar-refractivity contribution in [2.45, 2.75) is 12.2 Å². The van der Waals surface area contributed by atoms with Crippen LogP contribution in [0.25, 0.3) is 0 Å².